The van der Waals surface area contributed by atoms with Gasteiger partial charge < -0.3 is 14.2 Å². The zero-order chi connectivity index (χ0) is 26.5. The Morgan fingerprint density at radius 3 is 2.26 bits per heavy atom. The molecular weight excluding hydrogens is 485 g/mol. The van der Waals surface area contributed by atoms with Crippen molar-refractivity contribution in [1.82, 2.24) is 9.47 Å². The van der Waals surface area contributed by atoms with Gasteiger partial charge in [-0.3, -0.25) is 0 Å². The maximum atomic E-state index is 13.0. The maximum absolute atomic E-state index is 13.0. The van der Waals surface area contributed by atoms with Crippen LogP contribution in [0.5, 0.6) is 5.75 Å². The van der Waals surface area contributed by atoms with Crippen LogP contribution in [0.25, 0.3) is 0 Å². The van der Waals surface area contributed by atoms with E-state index in [-0.39, 0.29) is 6.10 Å². The Hall–Kier alpha value is -3.51. The molecule has 6 heteroatoms. The van der Waals surface area contributed by atoms with Crippen molar-refractivity contribution in [2.24, 2.45) is 0 Å². The van der Waals surface area contributed by atoms with Gasteiger partial charge in [0.1, 0.15) is 11.9 Å². The number of aromatic nitrogens is 1. The zero-order valence-electron chi connectivity index (χ0n) is 21.6. The van der Waals surface area contributed by atoms with Crippen molar-refractivity contribution in [2.75, 3.05) is 20.1 Å². The summed E-state index contributed by atoms with van der Waals surface area (Å²) in [6.45, 7) is 2.82. The molecule has 2 atom stereocenters. The van der Waals surface area contributed by atoms with E-state index in [4.69, 9.17) is 4.74 Å². The van der Waals surface area contributed by atoms with Crippen molar-refractivity contribution in [2.45, 2.75) is 44.0 Å². The topological polar surface area (TPSA) is 17.4 Å². The van der Waals surface area contributed by atoms with E-state index >= 15 is 0 Å². The van der Waals surface area contributed by atoms with Crippen molar-refractivity contribution in [1.29, 1.82) is 0 Å². The summed E-state index contributed by atoms with van der Waals surface area (Å²) in [7, 11) is 2.14. The van der Waals surface area contributed by atoms with E-state index in [1.54, 1.807) is 0 Å². The number of ether oxygens (including phenoxy) is 1. The molecule has 0 radical (unpaired) electrons. The van der Waals surface area contributed by atoms with Gasteiger partial charge in [0.15, 0.2) is 0 Å². The molecule has 38 heavy (non-hydrogen) atoms. The molecule has 1 aliphatic heterocycles. The Kier molecular flexibility index (Phi) is 7.89. The van der Waals surface area contributed by atoms with Crippen LogP contribution in [-0.2, 0) is 19.1 Å². The maximum Gasteiger partial charge on any atom is 0.416 e. The van der Waals surface area contributed by atoms with Crippen molar-refractivity contribution in [3.63, 3.8) is 0 Å². The second-order valence-corrected chi connectivity index (χ2v) is 10.1. The SMILES string of the molecule is CN(CC[C@@H](Oc1ccc(C(F)(F)F)cc1)c1ccccc1)CC1CCn2c(Cc3ccccc3)ccc21. The first-order valence-corrected chi connectivity index (χ1v) is 13.2. The van der Waals surface area contributed by atoms with Crippen LogP contribution in [0.1, 0.15) is 52.9 Å². The molecule has 0 spiro atoms. The van der Waals surface area contributed by atoms with Gasteiger partial charge in [-0.15, -0.1) is 0 Å². The molecular formula is C32H33F3N2O. The third kappa shape index (κ3) is 6.30. The quantitative estimate of drug-likeness (QED) is 0.214. The lowest BCUT2D eigenvalue weighted by atomic mass is 10.0. The van der Waals surface area contributed by atoms with Crippen LogP contribution in [-0.4, -0.2) is 29.6 Å². The number of nitrogens with zero attached hydrogens (tertiary/aromatic N) is 2. The minimum Gasteiger partial charge on any atom is -0.486 e. The molecule has 0 bridgehead atoms. The number of benzene rings is 3. The lowest BCUT2D eigenvalue weighted by Gasteiger charge is -2.25. The molecule has 4 aromatic rings. The molecule has 1 aliphatic rings. The van der Waals surface area contributed by atoms with Crippen molar-refractivity contribution in [3.8, 4) is 5.75 Å². The van der Waals surface area contributed by atoms with Gasteiger partial charge in [0, 0.05) is 49.8 Å². The third-order valence-electron chi connectivity index (χ3n) is 7.39. The Morgan fingerprint density at radius 2 is 1.58 bits per heavy atom. The Balaban J connectivity index is 1.21. The number of hydrogen-bond donors (Lipinski definition) is 0. The molecule has 1 unspecified atom stereocenters. The molecule has 198 valence electrons. The Labute approximate surface area is 222 Å². The van der Waals surface area contributed by atoms with Crippen molar-refractivity contribution < 1.29 is 17.9 Å². The van der Waals surface area contributed by atoms with Gasteiger partial charge in [-0.25, -0.2) is 0 Å². The molecule has 0 aliphatic carbocycles. The fraction of sp³-hybridized carbons (Fsp3) is 0.312. The summed E-state index contributed by atoms with van der Waals surface area (Å²) in [4.78, 5) is 2.34. The van der Waals surface area contributed by atoms with Gasteiger partial charge in [0.2, 0.25) is 0 Å². The van der Waals surface area contributed by atoms with Crippen LogP contribution in [0.4, 0.5) is 13.2 Å². The molecule has 2 heterocycles. The van der Waals surface area contributed by atoms with Crippen LogP contribution in [0.15, 0.2) is 97.1 Å². The standard InChI is InChI=1S/C32H33F3N2O/c1-36(23-26-18-21-37-28(14-17-30(26)37)22-24-8-4-2-5-9-24)20-19-31(25-10-6-3-7-11-25)38-29-15-12-27(13-16-29)32(33,34)35/h2-17,26,31H,18-23H2,1H3/t26?,31-/m1/s1. The highest BCUT2D eigenvalue weighted by Gasteiger charge is 2.30. The molecule has 5 rings (SSSR count). The molecule has 0 N–H and O–H groups in total. The van der Waals surface area contributed by atoms with Gasteiger partial charge in [-0.05, 0) is 61.0 Å². The zero-order valence-corrected chi connectivity index (χ0v) is 21.6. The summed E-state index contributed by atoms with van der Waals surface area (Å²) in [5.74, 6) is 0.921. The first-order valence-electron chi connectivity index (χ1n) is 13.2. The summed E-state index contributed by atoms with van der Waals surface area (Å²) in [6.07, 6.45) is -1.80. The number of rotatable bonds is 10. The number of alkyl halides is 3. The first-order chi connectivity index (χ1) is 18.4. The summed E-state index contributed by atoms with van der Waals surface area (Å²) in [5, 5.41) is 0. The van der Waals surface area contributed by atoms with E-state index in [1.165, 1.54) is 29.1 Å². The Morgan fingerprint density at radius 1 is 0.895 bits per heavy atom. The van der Waals surface area contributed by atoms with Gasteiger partial charge in [0.25, 0.3) is 0 Å². The van der Waals surface area contributed by atoms with Crippen LogP contribution in [0.3, 0.4) is 0 Å². The van der Waals surface area contributed by atoms with E-state index in [0.717, 1.165) is 56.6 Å². The van der Waals surface area contributed by atoms with Gasteiger partial charge >= 0.3 is 6.18 Å². The Bertz CT molecular complexity index is 1300. The molecule has 0 amide bonds. The predicted octanol–water partition coefficient (Wildman–Crippen LogP) is 7.73. The van der Waals surface area contributed by atoms with Crippen LogP contribution >= 0.6 is 0 Å². The van der Waals surface area contributed by atoms with E-state index < -0.39 is 11.7 Å². The second kappa shape index (κ2) is 11.5. The van der Waals surface area contributed by atoms with Gasteiger partial charge in [-0.1, -0.05) is 60.7 Å². The predicted molar refractivity (Wildman–Crippen MR) is 144 cm³/mol. The largest absolute Gasteiger partial charge is 0.486 e. The molecule has 0 saturated heterocycles. The van der Waals surface area contributed by atoms with Crippen molar-refractivity contribution in [3.05, 3.63) is 125 Å². The van der Waals surface area contributed by atoms with E-state index in [2.05, 4.69) is 59.0 Å². The number of hydrogen-bond acceptors (Lipinski definition) is 2. The van der Waals surface area contributed by atoms with E-state index in [0.29, 0.717) is 11.7 Å². The number of fused-ring (bicyclic) bond motifs is 1. The summed E-state index contributed by atoms with van der Waals surface area (Å²) < 4.78 is 47.6. The number of halogens is 3. The van der Waals surface area contributed by atoms with E-state index in [9.17, 15) is 13.2 Å². The monoisotopic (exact) mass is 518 g/mol. The lowest BCUT2D eigenvalue weighted by molar-refractivity contribution is -0.137. The first kappa shape index (κ1) is 26.1. The van der Waals surface area contributed by atoms with E-state index in [1.807, 2.05) is 30.3 Å². The highest BCUT2D eigenvalue weighted by molar-refractivity contribution is 5.31. The van der Waals surface area contributed by atoms with Gasteiger partial charge in [-0.2, -0.15) is 13.2 Å². The summed E-state index contributed by atoms with van der Waals surface area (Å²) >= 11 is 0. The minimum absolute atomic E-state index is 0.250. The number of likely N-dealkylation sites (N-methyl/N-ethyl adjacent to an activating group) is 1. The second-order valence-electron chi connectivity index (χ2n) is 10.1. The van der Waals surface area contributed by atoms with Crippen LogP contribution < -0.4 is 4.74 Å². The minimum atomic E-state index is -4.36. The average Bonchev–Trinajstić information content (AvgIpc) is 3.50. The molecule has 0 saturated carbocycles. The lowest BCUT2D eigenvalue weighted by Crippen LogP contribution is -2.27. The van der Waals surface area contributed by atoms with Crippen molar-refractivity contribution >= 4 is 0 Å². The van der Waals surface area contributed by atoms with Crippen LogP contribution in [0.2, 0.25) is 0 Å². The highest BCUT2D eigenvalue weighted by atomic mass is 19.4. The molecule has 0 fully saturated rings. The summed E-state index contributed by atoms with van der Waals surface area (Å²) in [6, 6.07) is 30.0. The summed E-state index contributed by atoms with van der Waals surface area (Å²) in [5.41, 5.74) is 4.44. The fourth-order valence-corrected chi connectivity index (χ4v) is 5.39. The molecule has 3 aromatic carbocycles. The fourth-order valence-electron chi connectivity index (χ4n) is 5.39. The molecule has 3 nitrogen and oxygen atoms in total. The smallest absolute Gasteiger partial charge is 0.416 e. The molecule has 1 aromatic heterocycles. The normalized spacial score (nSPS) is 16.0. The highest BCUT2D eigenvalue weighted by Crippen LogP contribution is 2.34. The van der Waals surface area contributed by atoms with Crippen LogP contribution in [0, 0.1) is 0 Å². The van der Waals surface area contributed by atoms with Gasteiger partial charge in [0.05, 0.1) is 5.56 Å². The average molecular weight is 519 g/mol. The third-order valence-corrected chi connectivity index (χ3v) is 7.39.